The van der Waals surface area contributed by atoms with Gasteiger partial charge in [-0.05, 0) is 25.5 Å². The lowest BCUT2D eigenvalue weighted by molar-refractivity contribution is -0.139. The number of aliphatic carboxylic acids is 1. The van der Waals surface area contributed by atoms with Crippen LogP contribution in [0.25, 0.3) is 0 Å². The van der Waals surface area contributed by atoms with E-state index < -0.39 is 12.0 Å². The number of carbonyl (C=O) groups excluding carboxylic acids is 1. The lowest BCUT2D eigenvalue weighted by Crippen LogP contribution is -2.48. The third kappa shape index (κ3) is 4.57. The van der Waals surface area contributed by atoms with E-state index in [9.17, 15) is 9.59 Å². The molecule has 0 aromatic heterocycles. The number of para-hydroxylation sites is 1. The first-order valence-corrected chi connectivity index (χ1v) is 6.96. The van der Waals surface area contributed by atoms with E-state index in [0.717, 1.165) is 18.5 Å². The van der Waals surface area contributed by atoms with Crippen molar-refractivity contribution in [2.45, 2.75) is 39.2 Å². The van der Waals surface area contributed by atoms with E-state index in [-0.39, 0.29) is 6.03 Å². The predicted molar refractivity (Wildman–Crippen MR) is 78.9 cm³/mol. The van der Waals surface area contributed by atoms with Crippen LogP contribution in [0.15, 0.2) is 30.3 Å². The summed E-state index contributed by atoms with van der Waals surface area (Å²) in [6.45, 7) is 4.33. The molecular formula is C15H22N2O3. The molecule has 2 amide bonds. The molecule has 0 aliphatic heterocycles. The summed E-state index contributed by atoms with van der Waals surface area (Å²) in [6.07, 6.45) is 2.12. The first-order chi connectivity index (χ1) is 9.60. The van der Waals surface area contributed by atoms with Crippen molar-refractivity contribution in [1.29, 1.82) is 0 Å². The number of hydrogen-bond acceptors (Lipinski definition) is 2. The lowest BCUT2D eigenvalue weighted by Gasteiger charge is -2.24. The molecule has 0 saturated heterocycles. The minimum absolute atomic E-state index is 0.373. The van der Waals surface area contributed by atoms with Gasteiger partial charge in [0.2, 0.25) is 0 Å². The summed E-state index contributed by atoms with van der Waals surface area (Å²) >= 11 is 0. The number of carbonyl (C=O) groups is 2. The number of urea groups is 1. The van der Waals surface area contributed by atoms with E-state index in [1.807, 2.05) is 44.2 Å². The van der Waals surface area contributed by atoms with Crippen molar-refractivity contribution in [1.82, 2.24) is 5.32 Å². The highest BCUT2D eigenvalue weighted by atomic mass is 16.4. The quantitative estimate of drug-likeness (QED) is 0.805. The molecule has 110 valence electrons. The second-order valence-electron chi connectivity index (χ2n) is 4.56. The van der Waals surface area contributed by atoms with Crippen LogP contribution in [-0.2, 0) is 4.79 Å². The number of benzene rings is 1. The lowest BCUT2D eigenvalue weighted by atomic mass is 10.1. The molecule has 1 aromatic rings. The molecule has 0 bridgehead atoms. The number of rotatable bonds is 7. The van der Waals surface area contributed by atoms with E-state index in [1.54, 1.807) is 0 Å². The number of nitrogens with one attached hydrogen (secondary N) is 1. The van der Waals surface area contributed by atoms with Crippen LogP contribution in [0.5, 0.6) is 0 Å². The number of unbranched alkanes of at least 4 members (excludes halogenated alkanes) is 1. The zero-order valence-electron chi connectivity index (χ0n) is 12.0. The summed E-state index contributed by atoms with van der Waals surface area (Å²) < 4.78 is 0. The number of hydrogen-bond donors (Lipinski definition) is 2. The van der Waals surface area contributed by atoms with Crippen LogP contribution in [0.1, 0.15) is 33.1 Å². The number of anilines is 1. The molecule has 0 unspecified atom stereocenters. The van der Waals surface area contributed by atoms with Gasteiger partial charge in [0, 0.05) is 12.2 Å². The van der Waals surface area contributed by atoms with E-state index >= 15 is 0 Å². The van der Waals surface area contributed by atoms with Gasteiger partial charge >= 0.3 is 12.0 Å². The second kappa shape index (κ2) is 8.19. The fourth-order valence-electron chi connectivity index (χ4n) is 1.94. The maximum atomic E-state index is 12.2. The number of amides is 2. The molecule has 1 atom stereocenters. The van der Waals surface area contributed by atoms with Gasteiger partial charge in [-0.25, -0.2) is 9.59 Å². The Morgan fingerprint density at radius 2 is 1.90 bits per heavy atom. The Morgan fingerprint density at radius 3 is 2.40 bits per heavy atom. The first kappa shape index (κ1) is 16.0. The first-order valence-electron chi connectivity index (χ1n) is 6.96. The highest BCUT2D eigenvalue weighted by Gasteiger charge is 2.22. The molecule has 0 heterocycles. The van der Waals surface area contributed by atoms with Gasteiger partial charge in [-0.2, -0.15) is 0 Å². The van der Waals surface area contributed by atoms with Crippen molar-refractivity contribution in [3.63, 3.8) is 0 Å². The second-order valence-corrected chi connectivity index (χ2v) is 4.56. The minimum Gasteiger partial charge on any atom is -0.480 e. The average Bonchev–Trinajstić information content (AvgIpc) is 2.45. The molecule has 0 spiro atoms. The Labute approximate surface area is 119 Å². The van der Waals surface area contributed by atoms with Crippen LogP contribution in [0.4, 0.5) is 10.5 Å². The monoisotopic (exact) mass is 278 g/mol. The summed E-state index contributed by atoms with van der Waals surface area (Å²) in [5, 5.41) is 11.7. The van der Waals surface area contributed by atoms with Crippen molar-refractivity contribution in [3.8, 4) is 0 Å². The SMILES string of the molecule is CCCC[C@H](NC(=O)N(CC)c1ccccc1)C(=O)O. The zero-order chi connectivity index (χ0) is 15.0. The fraction of sp³-hybridized carbons (Fsp3) is 0.467. The third-order valence-electron chi connectivity index (χ3n) is 3.07. The minimum atomic E-state index is -0.990. The Hall–Kier alpha value is -2.04. The topological polar surface area (TPSA) is 69.6 Å². The van der Waals surface area contributed by atoms with Gasteiger partial charge in [0.05, 0.1) is 0 Å². The molecule has 0 aliphatic rings. The van der Waals surface area contributed by atoms with E-state index in [1.165, 1.54) is 4.90 Å². The highest BCUT2D eigenvalue weighted by molar-refractivity contribution is 5.94. The Bertz CT molecular complexity index is 434. The van der Waals surface area contributed by atoms with Gasteiger partial charge in [0.25, 0.3) is 0 Å². The number of carboxylic acid groups (broad SMARTS) is 1. The maximum absolute atomic E-state index is 12.2. The molecule has 0 radical (unpaired) electrons. The van der Waals surface area contributed by atoms with Crippen LogP contribution in [0, 0.1) is 0 Å². The third-order valence-corrected chi connectivity index (χ3v) is 3.07. The largest absolute Gasteiger partial charge is 0.480 e. The van der Waals surface area contributed by atoms with Gasteiger partial charge in [-0.1, -0.05) is 38.0 Å². The van der Waals surface area contributed by atoms with E-state index in [4.69, 9.17) is 5.11 Å². The van der Waals surface area contributed by atoms with Crippen molar-refractivity contribution >= 4 is 17.7 Å². The molecule has 20 heavy (non-hydrogen) atoms. The fourth-order valence-corrected chi connectivity index (χ4v) is 1.94. The summed E-state index contributed by atoms with van der Waals surface area (Å²) in [7, 11) is 0. The molecule has 0 saturated carbocycles. The van der Waals surface area contributed by atoms with Crippen molar-refractivity contribution in [3.05, 3.63) is 30.3 Å². The summed E-state index contributed by atoms with van der Waals surface area (Å²) in [5.41, 5.74) is 0.757. The van der Waals surface area contributed by atoms with Gasteiger partial charge < -0.3 is 10.4 Å². The van der Waals surface area contributed by atoms with Crippen molar-refractivity contribution in [2.24, 2.45) is 0 Å². The van der Waals surface area contributed by atoms with Crippen LogP contribution < -0.4 is 10.2 Å². The van der Waals surface area contributed by atoms with E-state index in [0.29, 0.717) is 13.0 Å². The Balaban J connectivity index is 2.73. The Kier molecular flexibility index (Phi) is 6.56. The average molecular weight is 278 g/mol. The number of carboxylic acids is 1. The normalized spacial score (nSPS) is 11.7. The summed E-state index contributed by atoms with van der Waals surface area (Å²) in [6, 6.07) is 8.00. The molecule has 1 aromatic carbocycles. The molecule has 5 nitrogen and oxygen atoms in total. The highest BCUT2D eigenvalue weighted by Crippen LogP contribution is 2.13. The van der Waals surface area contributed by atoms with Gasteiger partial charge in [-0.3, -0.25) is 4.90 Å². The maximum Gasteiger partial charge on any atom is 0.326 e. The Morgan fingerprint density at radius 1 is 1.25 bits per heavy atom. The van der Waals surface area contributed by atoms with Gasteiger partial charge in [0.1, 0.15) is 6.04 Å². The van der Waals surface area contributed by atoms with Crippen LogP contribution in [0.2, 0.25) is 0 Å². The van der Waals surface area contributed by atoms with Gasteiger partial charge in [0.15, 0.2) is 0 Å². The van der Waals surface area contributed by atoms with Crippen LogP contribution in [-0.4, -0.2) is 29.7 Å². The standard InChI is InChI=1S/C15H22N2O3/c1-3-5-11-13(14(18)19)16-15(20)17(4-2)12-9-7-6-8-10-12/h6-10,13H,3-5,11H2,1-2H3,(H,16,20)(H,18,19)/t13-/m0/s1. The molecule has 1 rings (SSSR count). The smallest absolute Gasteiger partial charge is 0.326 e. The van der Waals surface area contributed by atoms with Gasteiger partial charge in [-0.15, -0.1) is 0 Å². The molecule has 0 fully saturated rings. The molecule has 5 heteroatoms. The predicted octanol–water partition coefficient (Wildman–Crippen LogP) is 2.87. The molecular weight excluding hydrogens is 256 g/mol. The molecule has 0 aliphatic carbocycles. The molecule has 2 N–H and O–H groups in total. The van der Waals surface area contributed by atoms with Crippen molar-refractivity contribution in [2.75, 3.05) is 11.4 Å². The van der Waals surface area contributed by atoms with Crippen LogP contribution in [0.3, 0.4) is 0 Å². The van der Waals surface area contributed by atoms with Crippen LogP contribution >= 0.6 is 0 Å². The summed E-state index contributed by atoms with van der Waals surface area (Å²) in [5.74, 6) is -0.990. The summed E-state index contributed by atoms with van der Waals surface area (Å²) in [4.78, 5) is 24.9. The number of nitrogens with zero attached hydrogens (tertiary/aromatic N) is 1. The van der Waals surface area contributed by atoms with Crippen molar-refractivity contribution < 1.29 is 14.7 Å². The van der Waals surface area contributed by atoms with E-state index in [2.05, 4.69) is 5.32 Å². The zero-order valence-corrected chi connectivity index (χ0v) is 12.0.